The van der Waals surface area contributed by atoms with E-state index in [0.29, 0.717) is 11.6 Å². The average molecular weight is 739 g/mol. The summed E-state index contributed by atoms with van der Waals surface area (Å²) >= 11 is 1.17. The van der Waals surface area contributed by atoms with Crippen LogP contribution in [0, 0.1) is 11.2 Å². The molecule has 2 fully saturated rings. The Kier molecular flexibility index (Phi) is 7.64. The van der Waals surface area contributed by atoms with Crippen LogP contribution in [0.3, 0.4) is 0 Å². The number of fused-ring (bicyclic) bond motifs is 1. The Labute approximate surface area is 249 Å². The number of rotatable bonds is 8. The topological polar surface area (TPSA) is 92.7 Å². The molecule has 1 amide bonds. The molecule has 3 radical (unpaired) electrons. The van der Waals surface area contributed by atoms with Crippen molar-refractivity contribution in [1.82, 2.24) is 25.2 Å². The molecule has 1 N–H and O–H groups in total. The molecular weight excluding hydrogens is 707 g/mol. The first-order valence-corrected chi connectivity index (χ1v) is 16.4. The van der Waals surface area contributed by atoms with Crippen molar-refractivity contribution in [1.29, 1.82) is 0 Å². The molecule has 2 aliphatic heterocycles. The third-order valence-electron chi connectivity index (χ3n) is 7.82. The van der Waals surface area contributed by atoms with Crippen molar-refractivity contribution in [3.05, 3.63) is 65.6 Å². The van der Waals surface area contributed by atoms with Gasteiger partial charge in [-0.15, -0.1) is 0 Å². The number of hydrogen-bond donors (Lipinski definition) is 1. The summed E-state index contributed by atoms with van der Waals surface area (Å²) in [5, 5.41) is 2.80. The Bertz CT molecular complexity index is 1410. The number of hydrogen-bond acceptors (Lipinski definition) is 8. The zero-order valence-corrected chi connectivity index (χ0v) is 26.6. The predicted octanol–water partition coefficient (Wildman–Crippen LogP) is 3.47. The van der Waals surface area contributed by atoms with Crippen molar-refractivity contribution < 1.29 is 18.7 Å². The Balaban J connectivity index is 1.10. The predicted molar refractivity (Wildman–Crippen MR) is 148 cm³/mol. The van der Waals surface area contributed by atoms with Gasteiger partial charge in [0.1, 0.15) is 17.9 Å². The van der Waals surface area contributed by atoms with Gasteiger partial charge < -0.3 is 10.1 Å². The number of pyridine rings is 1. The molecule has 11 heteroatoms. The molecule has 40 heavy (non-hydrogen) atoms. The fourth-order valence-electron chi connectivity index (χ4n) is 5.90. The first-order chi connectivity index (χ1) is 19.3. The fraction of sp³-hybridized carbons (Fsp3) is 0.448. The molecule has 4 heterocycles. The fourth-order valence-corrected chi connectivity index (χ4v) is 6.95. The molecule has 1 aliphatic carbocycles. The van der Waals surface area contributed by atoms with E-state index in [-0.39, 0.29) is 28.9 Å². The summed E-state index contributed by atoms with van der Waals surface area (Å²) in [5.41, 5.74) is 2.75. The first-order valence-electron chi connectivity index (χ1n) is 13.7. The molecule has 1 aromatic carbocycles. The summed E-state index contributed by atoms with van der Waals surface area (Å²) in [6, 6.07) is 5.85. The third-order valence-corrected chi connectivity index (χ3v) is 9.56. The molecule has 1 saturated carbocycles. The first kappa shape index (κ1) is 27.3. The van der Waals surface area contributed by atoms with Crippen LogP contribution < -0.4 is 19.7 Å². The monoisotopic (exact) mass is 739 g/mol. The number of benzene rings is 1. The number of nitrogens with zero attached hydrogens (tertiary/aromatic N) is 5. The quantitative estimate of drug-likeness (QED) is 0.352. The normalized spacial score (nSPS) is 18.2. The summed E-state index contributed by atoms with van der Waals surface area (Å²) in [5.74, 6) is 1.44. The molecule has 9 nitrogen and oxygen atoms in total. The molecule has 0 unspecified atom stereocenters. The van der Waals surface area contributed by atoms with Gasteiger partial charge in [-0.3, -0.25) is 4.79 Å². The zero-order chi connectivity index (χ0) is 27.9. The van der Waals surface area contributed by atoms with Crippen LogP contribution in [0.25, 0.3) is 0 Å². The van der Waals surface area contributed by atoms with E-state index in [4.69, 9.17) is 9.47 Å². The summed E-state index contributed by atoms with van der Waals surface area (Å²) < 4.78 is 27.8. The van der Waals surface area contributed by atoms with E-state index in [1.165, 1.54) is 65.7 Å². The summed E-state index contributed by atoms with van der Waals surface area (Å²) in [6.07, 6.45) is 8.12. The summed E-state index contributed by atoms with van der Waals surface area (Å²) in [6.45, 7) is 7.39. The van der Waals surface area contributed by atoms with Crippen LogP contribution in [0.1, 0.15) is 48.3 Å². The van der Waals surface area contributed by atoms with E-state index in [2.05, 4.69) is 30.1 Å². The number of halogens is 1. The summed E-state index contributed by atoms with van der Waals surface area (Å²) in [7, 11) is 0. The molecule has 1 spiro atoms. The van der Waals surface area contributed by atoms with Crippen molar-refractivity contribution in [2.75, 3.05) is 28.6 Å². The molecular formula is C29H32FN6O3Pb. The Morgan fingerprint density at radius 2 is 2.02 bits per heavy atom. The van der Waals surface area contributed by atoms with Gasteiger partial charge in [0.25, 0.3) is 5.91 Å². The Hall–Kier alpha value is -2.87. The maximum absolute atomic E-state index is 14.0. The van der Waals surface area contributed by atoms with Gasteiger partial charge in [0, 0.05) is 6.04 Å². The average Bonchev–Trinajstić information content (AvgIpc) is 2.90. The molecule has 0 atom stereocenters. The van der Waals surface area contributed by atoms with Crippen molar-refractivity contribution in [2.45, 2.75) is 51.8 Å². The van der Waals surface area contributed by atoms with Gasteiger partial charge in [0.15, 0.2) is 5.75 Å². The van der Waals surface area contributed by atoms with Gasteiger partial charge >= 0.3 is 141 Å². The minimum atomic E-state index is -0.506. The minimum absolute atomic E-state index is 0.0942. The number of nitrogens with one attached hydrogen (secondary N) is 1. The van der Waals surface area contributed by atoms with E-state index in [9.17, 15) is 9.18 Å². The number of anilines is 1. The van der Waals surface area contributed by atoms with Crippen LogP contribution in [-0.2, 0) is 13.0 Å². The number of carbonyl (C=O) groups is 1. The molecule has 0 bridgehead atoms. The van der Waals surface area contributed by atoms with Crippen molar-refractivity contribution in [3.63, 3.8) is 0 Å². The van der Waals surface area contributed by atoms with Crippen LogP contribution in [0.15, 0.2) is 43.0 Å². The van der Waals surface area contributed by atoms with E-state index in [1.54, 1.807) is 6.20 Å². The van der Waals surface area contributed by atoms with Crippen molar-refractivity contribution in [2.24, 2.45) is 5.41 Å². The van der Waals surface area contributed by atoms with E-state index >= 15 is 0 Å². The van der Waals surface area contributed by atoms with Gasteiger partial charge in [-0.1, -0.05) is 0 Å². The molecule has 1 saturated heterocycles. The van der Waals surface area contributed by atoms with Crippen LogP contribution in [0.5, 0.6) is 17.2 Å². The van der Waals surface area contributed by atoms with Gasteiger partial charge in [-0.25, -0.2) is 14.4 Å². The summed E-state index contributed by atoms with van der Waals surface area (Å²) in [4.78, 5) is 30.6. The zero-order valence-electron chi connectivity index (χ0n) is 22.7. The van der Waals surface area contributed by atoms with Crippen molar-refractivity contribution in [3.8, 4) is 17.2 Å². The number of amides is 1. The van der Waals surface area contributed by atoms with E-state index < -0.39 is 11.7 Å². The standard InChI is InChI=1S/C29H32FN6O3.Pb/c1-18(2)34-28(37)21-10-19(30)4-5-24(21)39-26-13-31-17-33-27(26)36-15-29(16-36)11-20(12-29)38-25-6-8-32-23-7-9-35(3)14-22(23)25;/h4-6,8,10,13,17-18,20H,3,7,9,11-12,14-16H2,1-2H3,(H,34,37);. The van der Waals surface area contributed by atoms with Crippen LogP contribution >= 0.6 is 0 Å². The van der Waals surface area contributed by atoms with Crippen molar-refractivity contribution >= 4 is 37.5 Å². The van der Waals surface area contributed by atoms with Gasteiger partial charge in [-0.2, -0.15) is 0 Å². The van der Waals surface area contributed by atoms with Gasteiger partial charge in [-0.05, 0) is 32.0 Å². The number of ether oxygens (including phenoxy) is 2. The molecule has 3 aliphatic rings. The van der Waals surface area contributed by atoms with Crippen LogP contribution in [-0.4, -0.2) is 87.4 Å². The number of aromatic nitrogens is 3. The maximum atomic E-state index is 14.0. The van der Waals surface area contributed by atoms with E-state index in [0.717, 1.165) is 51.2 Å². The molecule has 2 aromatic heterocycles. The van der Waals surface area contributed by atoms with Crippen LogP contribution in [0.2, 0.25) is 0 Å². The van der Waals surface area contributed by atoms with Gasteiger partial charge in [0.2, 0.25) is 0 Å². The molecule has 3 aromatic rings. The van der Waals surface area contributed by atoms with Gasteiger partial charge in [0.05, 0.1) is 11.8 Å². The van der Waals surface area contributed by atoms with Crippen LogP contribution in [0.4, 0.5) is 10.2 Å². The second kappa shape index (κ2) is 11.2. The van der Waals surface area contributed by atoms with E-state index in [1.807, 2.05) is 26.1 Å². The third kappa shape index (κ3) is 5.52. The Morgan fingerprint density at radius 3 is 2.80 bits per heavy atom. The number of carbonyl (C=O) groups excluding carboxylic acids is 1. The molecule has 6 rings (SSSR count). The Morgan fingerprint density at radius 1 is 1.20 bits per heavy atom. The SMILES string of the molecule is CC(C)NC(=O)c1cc(F)ccc1Oc1cncnc1N1CC2(CC(Oc3ccnc4c3CN([CH2][Pb])CC4)C2)C1. The molecule has 207 valence electrons. The second-order valence-electron chi connectivity index (χ2n) is 11.3. The second-order valence-corrected chi connectivity index (χ2v) is 12.5.